The van der Waals surface area contributed by atoms with Crippen LogP contribution in [-0.4, -0.2) is 0 Å². The first kappa shape index (κ1) is 9.78. The van der Waals surface area contributed by atoms with Crippen LogP contribution in [0.25, 0.3) is 10.1 Å². The molecule has 0 atom stereocenters. The third-order valence-corrected chi connectivity index (χ3v) is 4.52. The Bertz CT molecular complexity index is 450. The molecule has 0 aliphatic heterocycles. The summed E-state index contributed by atoms with van der Waals surface area (Å²) in [5, 5.41) is 3.97. The van der Waals surface area contributed by atoms with E-state index in [0.717, 1.165) is 25.1 Å². The number of hydrogen-bond acceptors (Lipinski definition) is 1. The summed E-state index contributed by atoms with van der Waals surface area (Å²) in [5.41, 5.74) is 1.12. The number of hydrogen-bond donors (Lipinski definition) is 0. The molecule has 1 heterocycles. The Kier molecular flexibility index (Phi) is 2.84. The first-order valence-electron chi connectivity index (χ1n) is 3.64. The molecule has 0 unspecified atom stereocenters. The average Bonchev–Trinajstić information content (AvgIpc) is 2.51. The zero-order chi connectivity index (χ0) is 9.42. The van der Waals surface area contributed by atoms with Crippen molar-refractivity contribution in [3.8, 4) is 0 Å². The van der Waals surface area contributed by atoms with E-state index in [4.69, 9.17) is 23.2 Å². The van der Waals surface area contributed by atoms with E-state index in [1.807, 2.05) is 17.5 Å². The van der Waals surface area contributed by atoms with Crippen LogP contribution in [0.4, 0.5) is 0 Å². The van der Waals surface area contributed by atoms with Crippen molar-refractivity contribution >= 4 is 60.6 Å². The fourth-order valence-corrected chi connectivity index (χ4v) is 3.51. The van der Waals surface area contributed by atoms with Crippen LogP contribution in [0.3, 0.4) is 0 Å². The van der Waals surface area contributed by atoms with Gasteiger partial charge in [0, 0.05) is 21.1 Å². The molecule has 1 aromatic carbocycles. The maximum absolute atomic E-state index is 6.05. The Labute approximate surface area is 98.6 Å². The standard InChI is InChI=1S/C9H5BrCl2S/c10-6-4-13-9-7(12)2-1-5(3-11)8(6)9/h1-2,4H,3H2. The maximum Gasteiger partial charge on any atom is 0.0584 e. The van der Waals surface area contributed by atoms with Crippen molar-refractivity contribution in [2.45, 2.75) is 5.88 Å². The van der Waals surface area contributed by atoms with Gasteiger partial charge in [0.25, 0.3) is 0 Å². The van der Waals surface area contributed by atoms with Gasteiger partial charge in [0.2, 0.25) is 0 Å². The van der Waals surface area contributed by atoms with Gasteiger partial charge >= 0.3 is 0 Å². The van der Waals surface area contributed by atoms with E-state index < -0.39 is 0 Å². The molecule has 0 saturated carbocycles. The molecule has 0 amide bonds. The van der Waals surface area contributed by atoms with Gasteiger partial charge in [-0.25, -0.2) is 0 Å². The summed E-state index contributed by atoms with van der Waals surface area (Å²) in [6.45, 7) is 0. The normalized spacial score (nSPS) is 11.0. The van der Waals surface area contributed by atoms with Gasteiger partial charge in [-0.2, -0.15) is 0 Å². The van der Waals surface area contributed by atoms with Crippen molar-refractivity contribution < 1.29 is 0 Å². The quantitative estimate of drug-likeness (QED) is 0.645. The van der Waals surface area contributed by atoms with Crippen LogP contribution >= 0.6 is 50.5 Å². The molecule has 0 radical (unpaired) electrons. The van der Waals surface area contributed by atoms with E-state index in [1.165, 1.54) is 0 Å². The number of fused-ring (bicyclic) bond motifs is 1. The summed E-state index contributed by atoms with van der Waals surface area (Å²) in [6.07, 6.45) is 0. The first-order valence-corrected chi connectivity index (χ1v) is 6.22. The van der Waals surface area contributed by atoms with Crippen LogP contribution in [0.2, 0.25) is 5.02 Å². The second-order valence-corrected chi connectivity index (χ2v) is 5.04. The highest BCUT2D eigenvalue weighted by atomic mass is 79.9. The van der Waals surface area contributed by atoms with Crippen LogP contribution in [-0.2, 0) is 5.88 Å². The van der Waals surface area contributed by atoms with Crippen molar-refractivity contribution in [1.82, 2.24) is 0 Å². The maximum atomic E-state index is 6.05. The minimum atomic E-state index is 0.517. The Morgan fingerprint density at radius 2 is 2.15 bits per heavy atom. The molecule has 0 N–H and O–H groups in total. The van der Waals surface area contributed by atoms with Crippen LogP contribution in [0.1, 0.15) is 5.56 Å². The predicted molar refractivity (Wildman–Crippen MR) is 64.1 cm³/mol. The summed E-state index contributed by atoms with van der Waals surface area (Å²) in [6, 6.07) is 3.86. The highest BCUT2D eigenvalue weighted by Gasteiger charge is 2.09. The van der Waals surface area contributed by atoms with Gasteiger partial charge in [0.1, 0.15) is 0 Å². The summed E-state index contributed by atoms with van der Waals surface area (Å²) < 4.78 is 2.18. The molecule has 0 fully saturated rings. The van der Waals surface area contributed by atoms with Gasteiger partial charge < -0.3 is 0 Å². The van der Waals surface area contributed by atoms with Crippen LogP contribution in [0.5, 0.6) is 0 Å². The number of halogens is 3. The molecule has 0 aliphatic rings. The highest BCUT2D eigenvalue weighted by Crippen LogP contribution is 2.37. The van der Waals surface area contributed by atoms with Crippen molar-refractivity contribution in [3.63, 3.8) is 0 Å². The van der Waals surface area contributed by atoms with E-state index in [1.54, 1.807) is 11.3 Å². The number of benzene rings is 1. The number of thiophene rings is 1. The van der Waals surface area contributed by atoms with Crippen LogP contribution in [0, 0.1) is 0 Å². The zero-order valence-electron chi connectivity index (χ0n) is 6.48. The van der Waals surface area contributed by atoms with Gasteiger partial charge in [-0.1, -0.05) is 17.7 Å². The van der Waals surface area contributed by atoms with E-state index in [-0.39, 0.29) is 0 Å². The van der Waals surface area contributed by atoms with Crippen molar-refractivity contribution in [2.24, 2.45) is 0 Å². The lowest BCUT2D eigenvalue weighted by molar-refractivity contribution is 1.46. The molecule has 0 nitrogen and oxygen atoms in total. The summed E-state index contributed by atoms with van der Waals surface area (Å²) in [5.74, 6) is 0.517. The third-order valence-electron chi connectivity index (χ3n) is 1.86. The van der Waals surface area contributed by atoms with Gasteiger partial charge in [-0.3, -0.25) is 0 Å². The Morgan fingerprint density at radius 1 is 1.38 bits per heavy atom. The number of alkyl halides is 1. The molecule has 0 aliphatic carbocycles. The molecular formula is C9H5BrCl2S. The third kappa shape index (κ3) is 1.61. The van der Waals surface area contributed by atoms with Gasteiger partial charge in [-0.15, -0.1) is 22.9 Å². The van der Waals surface area contributed by atoms with Gasteiger partial charge in [0.15, 0.2) is 0 Å². The van der Waals surface area contributed by atoms with Crippen molar-refractivity contribution in [1.29, 1.82) is 0 Å². The van der Waals surface area contributed by atoms with E-state index in [0.29, 0.717) is 5.88 Å². The Morgan fingerprint density at radius 3 is 2.85 bits per heavy atom. The van der Waals surface area contributed by atoms with E-state index >= 15 is 0 Å². The van der Waals surface area contributed by atoms with E-state index in [2.05, 4.69) is 15.9 Å². The zero-order valence-corrected chi connectivity index (χ0v) is 10.4. The molecule has 2 aromatic rings. The minimum Gasteiger partial charge on any atom is -0.141 e. The summed E-state index contributed by atoms with van der Waals surface area (Å²) in [7, 11) is 0. The highest BCUT2D eigenvalue weighted by molar-refractivity contribution is 9.10. The summed E-state index contributed by atoms with van der Waals surface area (Å²) >= 11 is 17.0. The van der Waals surface area contributed by atoms with Crippen molar-refractivity contribution in [3.05, 3.63) is 32.6 Å². The molecule has 0 bridgehead atoms. The predicted octanol–water partition coefficient (Wildman–Crippen LogP) is 5.06. The SMILES string of the molecule is ClCc1ccc(Cl)c2scc(Br)c12. The monoisotopic (exact) mass is 294 g/mol. The van der Waals surface area contributed by atoms with E-state index in [9.17, 15) is 0 Å². The van der Waals surface area contributed by atoms with Crippen LogP contribution < -0.4 is 0 Å². The summed E-state index contributed by atoms with van der Waals surface area (Å²) in [4.78, 5) is 0. The smallest absolute Gasteiger partial charge is 0.0584 e. The minimum absolute atomic E-state index is 0.517. The Balaban J connectivity index is 2.88. The second-order valence-electron chi connectivity index (χ2n) is 2.63. The molecular weight excluding hydrogens is 291 g/mol. The Hall–Kier alpha value is 0.240. The fraction of sp³-hybridized carbons (Fsp3) is 0.111. The molecule has 68 valence electrons. The number of rotatable bonds is 1. The molecule has 1 aromatic heterocycles. The average molecular weight is 296 g/mol. The first-order chi connectivity index (χ1) is 6.24. The molecule has 2 rings (SSSR count). The van der Waals surface area contributed by atoms with Crippen molar-refractivity contribution in [2.75, 3.05) is 0 Å². The molecule has 13 heavy (non-hydrogen) atoms. The lowest BCUT2D eigenvalue weighted by atomic mass is 10.1. The second kappa shape index (κ2) is 3.77. The van der Waals surface area contributed by atoms with Crippen LogP contribution in [0.15, 0.2) is 22.0 Å². The fourth-order valence-electron chi connectivity index (χ4n) is 1.26. The largest absolute Gasteiger partial charge is 0.141 e. The topological polar surface area (TPSA) is 0 Å². The van der Waals surface area contributed by atoms with Gasteiger partial charge in [0.05, 0.1) is 9.72 Å². The van der Waals surface area contributed by atoms with Gasteiger partial charge in [-0.05, 0) is 27.6 Å². The molecule has 4 heteroatoms. The molecule has 0 saturated heterocycles. The lowest BCUT2D eigenvalue weighted by Crippen LogP contribution is -1.79. The molecule has 0 spiro atoms. The lowest BCUT2D eigenvalue weighted by Gasteiger charge is -2.00.